The van der Waals surface area contributed by atoms with E-state index in [4.69, 9.17) is 14.9 Å². The van der Waals surface area contributed by atoms with Gasteiger partial charge >= 0.3 is 0 Å². The average molecular weight is 317 g/mol. The third kappa shape index (κ3) is 4.39. The van der Waals surface area contributed by atoms with Crippen molar-refractivity contribution in [3.05, 3.63) is 30.5 Å². The van der Waals surface area contributed by atoms with Gasteiger partial charge in [-0.15, -0.1) is 0 Å². The molecule has 1 aliphatic rings. The van der Waals surface area contributed by atoms with Crippen LogP contribution in [0, 0.1) is 11.3 Å². The van der Waals surface area contributed by atoms with Crippen molar-refractivity contribution < 1.29 is 14.3 Å². The van der Waals surface area contributed by atoms with Crippen molar-refractivity contribution in [1.82, 2.24) is 4.98 Å². The smallest absolute Gasteiger partial charge is 0.177 e. The lowest BCUT2D eigenvalue weighted by atomic mass is 9.90. The summed E-state index contributed by atoms with van der Waals surface area (Å²) >= 11 is 0. The molecule has 6 heteroatoms. The molecule has 0 aromatic carbocycles. The van der Waals surface area contributed by atoms with Crippen LogP contribution < -0.4 is 10.1 Å². The van der Waals surface area contributed by atoms with Crippen LogP contribution in [0.5, 0.6) is 5.75 Å². The second-order valence-electron chi connectivity index (χ2n) is 5.51. The molecule has 1 aromatic rings. The van der Waals surface area contributed by atoms with Crippen molar-refractivity contribution >= 4 is 17.8 Å². The minimum Gasteiger partial charge on any atom is -0.496 e. The van der Waals surface area contributed by atoms with Crippen LogP contribution in [-0.4, -0.2) is 43.3 Å². The fourth-order valence-electron chi connectivity index (χ4n) is 2.76. The van der Waals surface area contributed by atoms with Gasteiger partial charge in [-0.25, -0.2) is 4.98 Å². The fraction of sp³-hybridized carbons (Fsp3) is 0.471. The Balaban J connectivity index is 2.18. The second kappa shape index (κ2) is 8.43. The maximum atomic E-state index is 12.2. The summed E-state index contributed by atoms with van der Waals surface area (Å²) in [5.74, 6) is 1.39. The number of carbonyl (C=O) groups is 1. The van der Waals surface area contributed by atoms with Gasteiger partial charge < -0.3 is 20.2 Å². The van der Waals surface area contributed by atoms with Crippen molar-refractivity contribution in [2.45, 2.75) is 25.3 Å². The Morgan fingerprint density at radius 2 is 2.35 bits per heavy atom. The number of hydrogen-bond donors (Lipinski definition) is 2. The number of aromatic nitrogens is 1. The Morgan fingerprint density at radius 1 is 1.61 bits per heavy atom. The zero-order valence-electron chi connectivity index (χ0n) is 13.4. The Labute approximate surface area is 136 Å². The molecule has 2 N–H and O–H groups in total. The van der Waals surface area contributed by atoms with Crippen molar-refractivity contribution in [2.75, 3.05) is 25.6 Å². The Kier molecular flexibility index (Phi) is 6.29. The van der Waals surface area contributed by atoms with Gasteiger partial charge in [0.25, 0.3) is 0 Å². The first-order valence-corrected chi connectivity index (χ1v) is 7.73. The molecule has 1 fully saturated rings. The lowest BCUT2D eigenvalue weighted by Crippen LogP contribution is -2.33. The summed E-state index contributed by atoms with van der Waals surface area (Å²) < 4.78 is 10.6. The molecule has 6 nitrogen and oxygen atoms in total. The molecule has 2 rings (SSSR count). The van der Waals surface area contributed by atoms with Gasteiger partial charge in [0.1, 0.15) is 11.6 Å². The summed E-state index contributed by atoms with van der Waals surface area (Å²) in [7, 11) is 1.54. The van der Waals surface area contributed by atoms with E-state index in [0.29, 0.717) is 29.5 Å². The van der Waals surface area contributed by atoms with E-state index >= 15 is 0 Å². The topological polar surface area (TPSA) is 84.3 Å². The molecule has 0 radical (unpaired) electrons. The Bertz CT molecular complexity index is 568. The van der Waals surface area contributed by atoms with Gasteiger partial charge in [0.2, 0.25) is 0 Å². The van der Waals surface area contributed by atoms with Crippen LogP contribution in [0.3, 0.4) is 0 Å². The number of ether oxygens (including phenoxy) is 2. The number of rotatable bonds is 8. The number of anilines is 1. The number of nitrogens with one attached hydrogen (secondary N) is 2. The van der Waals surface area contributed by atoms with Crippen molar-refractivity contribution in [1.29, 1.82) is 5.41 Å². The lowest BCUT2D eigenvalue weighted by molar-refractivity contribution is -0.115. The van der Waals surface area contributed by atoms with E-state index in [1.807, 2.05) is 0 Å². The molecular formula is C17H23N3O3. The molecule has 0 amide bonds. The van der Waals surface area contributed by atoms with Crippen LogP contribution in [0.25, 0.3) is 0 Å². The van der Waals surface area contributed by atoms with Crippen LogP contribution >= 0.6 is 0 Å². The highest BCUT2D eigenvalue weighted by Crippen LogP contribution is 2.26. The summed E-state index contributed by atoms with van der Waals surface area (Å²) in [6.07, 6.45) is 6.71. The van der Waals surface area contributed by atoms with Crippen LogP contribution in [-0.2, 0) is 9.53 Å². The number of ketones is 1. The van der Waals surface area contributed by atoms with E-state index < -0.39 is 6.04 Å². The number of pyridine rings is 1. The van der Waals surface area contributed by atoms with Gasteiger partial charge in [0.05, 0.1) is 18.7 Å². The number of nitrogens with zero attached hydrogens (tertiary/aromatic N) is 1. The molecule has 0 saturated carbocycles. The minimum absolute atomic E-state index is 0.0722. The van der Waals surface area contributed by atoms with Gasteiger partial charge in [-0.2, -0.15) is 0 Å². The number of methoxy groups -OCH3 is 1. The molecule has 0 aliphatic carbocycles. The molecule has 1 unspecified atom stereocenters. The zero-order chi connectivity index (χ0) is 16.7. The first-order chi connectivity index (χ1) is 11.2. The Hall–Kier alpha value is -2.21. The van der Waals surface area contributed by atoms with Crippen molar-refractivity contribution in [3.63, 3.8) is 0 Å². The van der Waals surface area contributed by atoms with Gasteiger partial charge in [0.15, 0.2) is 5.78 Å². The maximum absolute atomic E-state index is 12.2. The molecule has 1 saturated heterocycles. The quantitative estimate of drug-likeness (QED) is 0.568. The van der Waals surface area contributed by atoms with E-state index in [2.05, 4.69) is 16.9 Å². The molecule has 23 heavy (non-hydrogen) atoms. The maximum Gasteiger partial charge on any atom is 0.177 e. The molecule has 2 heterocycles. The molecule has 1 atom stereocenters. The molecular weight excluding hydrogens is 294 g/mol. The average Bonchev–Trinajstić information content (AvgIpc) is 2.61. The standard InChI is InChI=1S/C17H23N3O3/c1-3-15(21)14(10-12-5-8-23-9-6-12)20-17-13(11-18)16(22-2)4-7-19-17/h3-4,7,11-12,14,18H,1,5-6,8-10H2,2H3,(H,19,20). The first-order valence-electron chi connectivity index (χ1n) is 7.73. The largest absolute Gasteiger partial charge is 0.496 e. The minimum atomic E-state index is -0.408. The highest BCUT2D eigenvalue weighted by Gasteiger charge is 2.24. The van der Waals surface area contributed by atoms with Crippen LogP contribution in [0.4, 0.5) is 5.82 Å². The number of carbonyl (C=O) groups excluding carboxylic acids is 1. The predicted molar refractivity (Wildman–Crippen MR) is 89.4 cm³/mol. The molecule has 0 spiro atoms. The monoisotopic (exact) mass is 317 g/mol. The van der Waals surface area contributed by atoms with Crippen molar-refractivity contribution in [3.8, 4) is 5.75 Å². The van der Waals surface area contributed by atoms with Crippen LogP contribution in [0.15, 0.2) is 24.9 Å². The van der Waals surface area contributed by atoms with Crippen LogP contribution in [0.1, 0.15) is 24.8 Å². The highest BCUT2D eigenvalue weighted by molar-refractivity contribution is 5.97. The second-order valence-corrected chi connectivity index (χ2v) is 5.51. The van der Waals surface area contributed by atoms with E-state index in [0.717, 1.165) is 26.1 Å². The first kappa shape index (κ1) is 17.1. The molecule has 1 aromatic heterocycles. The summed E-state index contributed by atoms with van der Waals surface area (Å²) in [6.45, 7) is 5.07. The third-order valence-corrected chi connectivity index (χ3v) is 4.08. The number of hydrogen-bond acceptors (Lipinski definition) is 6. The summed E-state index contributed by atoms with van der Waals surface area (Å²) in [5, 5.41) is 10.7. The zero-order valence-corrected chi connectivity index (χ0v) is 13.4. The summed E-state index contributed by atoms with van der Waals surface area (Å²) in [6, 6.07) is 1.28. The van der Waals surface area contributed by atoms with E-state index in [9.17, 15) is 4.79 Å². The van der Waals surface area contributed by atoms with E-state index in [1.165, 1.54) is 12.3 Å². The van der Waals surface area contributed by atoms with E-state index in [-0.39, 0.29) is 5.78 Å². The normalized spacial score (nSPS) is 16.4. The van der Waals surface area contributed by atoms with Gasteiger partial charge in [-0.1, -0.05) is 6.58 Å². The third-order valence-electron chi connectivity index (χ3n) is 4.08. The lowest BCUT2D eigenvalue weighted by Gasteiger charge is -2.26. The predicted octanol–water partition coefficient (Wildman–Crippen LogP) is 2.44. The SMILES string of the molecule is C=CC(=O)C(CC1CCOCC1)Nc1nccc(OC)c1C=N. The summed E-state index contributed by atoms with van der Waals surface area (Å²) in [4.78, 5) is 16.5. The van der Waals surface area contributed by atoms with Crippen LogP contribution in [0.2, 0.25) is 0 Å². The van der Waals surface area contributed by atoms with Gasteiger partial charge in [0, 0.05) is 25.6 Å². The van der Waals surface area contributed by atoms with E-state index in [1.54, 1.807) is 19.4 Å². The Morgan fingerprint density at radius 3 is 2.96 bits per heavy atom. The molecule has 124 valence electrons. The summed E-state index contributed by atoms with van der Waals surface area (Å²) in [5.41, 5.74) is 0.531. The highest BCUT2D eigenvalue weighted by atomic mass is 16.5. The molecule has 1 aliphatic heterocycles. The molecule has 0 bridgehead atoms. The fourth-order valence-corrected chi connectivity index (χ4v) is 2.76. The van der Waals surface area contributed by atoms with Gasteiger partial charge in [-0.05, 0) is 37.3 Å². The van der Waals surface area contributed by atoms with Gasteiger partial charge in [-0.3, -0.25) is 4.79 Å². The van der Waals surface area contributed by atoms with Crippen molar-refractivity contribution in [2.24, 2.45) is 5.92 Å².